The van der Waals surface area contributed by atoms with Crippen molar-refractivity contribution in [3.05, 3.63) is 18.1 Å². The van der Waals surface area contributed by atoms with Gasteiger partial charge in [-0.3, -0.25) is 4.79 Å². The normalized spacial score (nSPS) is 23.3. The first-order valence-electron chi connectivity index (χ1n) is 9.14. The van der Waals surface area contributed by atoms with E-state index in [1.54, 1.807) is 12.3 Å². The largest absolute Gasteiger partial charge is 0.469 e. The molecule has 142 valence electrons. The van der Waals surface area contributed by atoms with Crippen molar-refractivity contribution in [1.29, 1.82) is 0 Å². The van der Waals surface area contributed by atoms with Gasteiger partial charge >= 0.3 is 5.97 Å². The molecule has 0 amide bonds. The maximum absolute atomic E-state index is 12.3. The number of hydrogen-bond acceptors (Lipinski definition) is 7. The van der Waals surface area contributed by atoms with Gasteiger partial charge in [0.2, 0.25) is 0 Å². The highest BCUT2D eigenvalue weighted by Crippen LogP contribution is 2.35. The molecule has 3 atom stereocenters. The van der Waals surface area contributed by atoms with Crippen molar-refractivity contribution in [3.63, 3.8) is 0 Å². The van der Waals surface area contributed by atoms with Crippen LogP contribution < -0.4 is 0 Å². The van der Waals surface area contributed by atoms with E-state index in [0.717, 1.165) is 24.2 Å². The van der Waals surface area contributed by atoms with Crippen LogP contribution in [0.4, 0.5) is 0 Å². The summed E-state index contributed by atoms with van der Waals surface area (Å²) in [5.74, 6) is 2.63. The number of aromatic nitrogens is 2. The summed E-state index contributed by atoms with van der Waals surface area (Å²) in [6, 6.07) is 1.78. The van der Waals surface area contributed by atoms with Crippen molar-refractivity contribution in [3.8, 4) is 11.5 Å². The highest BCUT2D eigenvalue weighted by Gasteiger charge is 2.33. The monoisotopic (exact) mass is 378 g/mol. The second kappa shape index (κ2) is 8.29. The Morgan fingerprint density at radius 2 is 2.19 bits per heavy atom. The van der Waals surface area contributed by atoms with Crippen LogP contribution in [-0.4, -0.2) is 28.0 Å². The number of aryl methyl sites for hydroxylation is 1. The van der Waals surface area contributed by atoms with E-state index < -0.39 is 0 Å². The average molecular weight is 378 g/mol. The summed E-state index contributed by atoms with van der Waals surface area (Å²) in [5, 5.41) is 8.35. The standard InChI is InChI=1S/C19H26N2O4S/c1-11(2)14-6-5-12(3)9-16(14)24-17(22)10-26-19-21-20-18(25-19)15-7-8-23-13(15)4/h7-8,11-12,14,16H,5-6,9-10H2,1-4H3/t12-,14+,16+/m0/s1. The number of carbonyl (C=O) groups is 1. The molecule has 0 spiro atoms. The molecule has 0 aliphatic heterocycles. The van der Waals surface area contributed by atoms with Crippen LogP contribution in [0.2, 0.25) is 0 Å². The van der Waals surface area contributed by atoms with Crippen molar-refractivity contribution in [2.45, 2.75) is 58.3 Å². The fourth-order valence-corrected chi connectivity index (χ4v) is 4.10. The highest BCUT2D eigenvalue weighted by molar-refractivity contribution is 7.99. The van der Waals surface area contributed by atoms with Crippen molar-refractivity contribution >= 4 is 17.7 Å². The third kappa shape index (κ3) is 4.50. The number of carbonyl (C=O) groups excluding carboxylic acids is 1. The van der Waals surface area contributed by atoms with Crippen LogP contribution in [0.25, 0.3) is 11.5 Å². The third-order valence-corrected chi connectivity index (χ3v) is 5.85. The number of esters is 1. The molecule has 0 radical (unpaired) electrons. The maximum atomic E-state index is 12.3. The van der Waals surface area contributed by atoms with E-state index in [1.807, 2.05) is 6.92 Å². The maximum Gasteiger partial charge on any atom is 0.316 e. The first-order chi connectivity index (χ1) is 12.4. The Morgan fingerprint density at radius 1 is 1.38 bits per heavy atom. The van der Waals surface area contributed by atoms with E-state index >= 15 is 0 Å². The van der Waals surface area contributed by atoms with E-state index in [2.05, 4.69) is 31.0 Å². The fraction of sp³-hybridized carbons (Fsp3) is 0.632. The zero-order valence-corrected chi connectivity index (χ0v) is 16.5. The van der Waals surface area contributed by atoms with Gasteiger partial charge in [-0.25, -0.2) is 0 Å². The van der Waals surface area contributed by atoms with Gasteiger partial charge in [0.15, 0.2) is 0 Å². The Morgan fingerprint density at radius 3 is 2.88 bits per heavy atom. The number of furan rings is 1. The number of ether oxygens (including phenoxy) is 1. The number of rotatable bonds is 6. The van der Waals surface area contributed by atoms with E-state index in [0.29, 0.717) is 28.9 Å². The van der Waals surface area contributed by atoms with Gasteiger partial charge in [-0.05, 0) is 43.6 Å². The number of thioether (sulfide) groups is 1. The zero-order chi connectivity index (χ0) is 18.7. The molecule has 0 saturated heterocycles. The van der Waals surface area contributed by atoms with Gasteiger partial charge in [0.05, 0.1) is 11.8 Å². The molecule has 1 saturated carbocycles. The first-order valence-corrected chi connectivity index (χ1v) is 10.1. The molecule has 1 aliphatic rings. The van der Waals surface area contributed by atoms with Crippen LogP contribution >= 0.6 is 11.8 Å². The Kier molecular flexibility index (Phi) is 6.06. The molecule has 0 aromatic carbocycles. The summed E-state index contributed by atoms with van der Waals surface area (Å²) in [5.41, 5.74) is 0.767. The Bertz CT molecular complexity index is 739. The SMILES string of the molecule is Cc1occc1-c1nnc(SCC(=O)O[C@@H]2C[C@@H](C)CC[C@@H]2C(C)C)o1. The Labute approximate surface area is 158 Å². The van der Waals surface area contributed by atoms with E-state index in [-0.39, 0.29) is 17.8 Å². The molecule has 0 unspecified atom stereocenters. The molecule has 2 aromatic rings. The minimum absolute atomic E-state index is 0.0127. The molecule has 0 bridgehead atoms. The van der Waals surface area contributed by atoms with Crippen molar-refractivity contribution in [2.24, 2.45) is 17.8 Å². The molecule has 1 fully saturated rings. The van der Waals surface area contributed by atoms with Crippen LogP contribution in [0.5, 0.6) is 0 Å². The summed E-state index contributed by atoms with van der Waals surface area (Å²) < 4.78 is 16.6. The van der Waals surface area contributed by atoms with Crippen molar-refractivity contribution in [2.75, 3.05) is 5.75 Å². The predicted octanol–water partition coefficient (Wildman–Crippen LogP) is 4.73. The van der Waals surface area contributed by atoms with E-state index in [4.69, 9.17) is 13.6 Å². The third-order valence-electron chi connectivity index (χ3n) is 5.05. The van der Waals surface area contributed by atoms with Crippen molar-refractivity contribution < 1.29 is 18.4 Å². The molecular weight excluding hydrogens is 352 g/mol. The summed E-state index contributed by atoms with van der Waals surface area (Å²) in [4.78, 5) is 12.3. The summed E-state index contributed by atoms with van der Waals surface area (Å²) in [7, 11) is 0. The lowest BCUT2D eigenvalue weighted by Gasteiger charge is -2.36. The van der Waals surface area contributed by atoms with Gasteiger partial charge in [-0.2, -0.15) is 0 Å². The molecule has 6 nitrogen and oxygen atoms in total. The molecule has 1 aliphatic carbocycles. The average Bonchev–Trinajstić information content (AvgIpc) is 3.21. The smallest absolute Gasteiger partial charge is 0.316 e. The first kappa shape index (κ1) is 19.0. The van der Waals surface area contributed by atoms with Crippen LogP contribution in [0.1, 0.15) is 45.8 Å². The van der Waals surface area contributed by atoms with Gasteiger partial charge in [0.25, 0.3) is 11.1 Å². The van der Waals surface area contributed by atoms with Gasteiger partial charge in [0.1, 0.15) is 17.6 Å². The van der Waals surface area contributed by atoms with Crippen molar-refractivity contribution in [1.82, 2.24) is 10.2 Å². The highest BCUT2D eigenvalue weighted by atomic mass is 32.2. The van der Waals surface area contributed by atoms with Crippen LogP contribution in [0.3, 0.4) is 0 Å². The zero-order valence-electron chi connectivity index (χ0n) is 15.7. The predicted molar refractivity (Wildman–Crippen MR) is 98.7 cm³/mol. The van der Waals surface area contributed by atoms with Crippen LogP contribution in [-0.2, 0) is 9.53 Å². The Hall–Kier alpha value is -1.76. The number of nitrogens with zero attached hydrogens (tertiary/aromatic N) is 2. The van der Waals surface area contributed by atoms with E-state index in [9.17, 15) is 4.79 Å². The lowest BCUT2D eigenvalue weighted by atomic mass is 9.75. The van der Waals surface area contributed by atoms with Crippen LogP contribution in [0.15, 0.2) is 26.4 Å². The summed E-state index contributed by atoms with van der Waals surface area (Å²) in [6.07, 6.45) is 4.88. The van der Waals surface area contributed by atoms with Gasteiger partial charge in [0, 0.05) is 0 Å². The molecule has 2 aromatic heterocycles. The minimum Gasteiger partial charge on any atom is -0.469 e. The summed E-state index contributed by atoms with van der Waals surface area (Å²) >= 11 is 1.21. The minimum atomic E-state index is -0.223. The van der Waals surface area contributed by atoms with Gasteiger partial charge in [-0.1, -0.05) is 39.0 Å². The fourth-order valence-electron chi connectivity index (χ4n) is 3.56. The summed E-state index contributed by atoms with van der Waals surface area (Å²) in [6.45, 7) is 8.46. The van der Waals surface area contributed by atoms with E-state index in [1.165, 1.54) is 18.2 Å². The van der Waals surface area contributed by atoms with Crippen LogP contribution in [0, 0.1) is 24.7 Å². The molecule has 26 heavy (non-hydrogen) atoms. The number of hydrogen-bond donors (Lipinski definition) is 0. The van der Waals surface area contributed by atoms with Gasteiger partial charge < -0.3 is 13.6 Å². The second-order valence-corrected chi connectivity index (χ2v) is 8.33. The molecule has 2 heterocycles. The molecule has 7 heteroatoms. The topological polar surface area (TPSA) is 78.4 Å². The molecule has 0 N–H and O–H groups in total. The lowest BCUT2D eigenvalue weighted by Crippen LogP contribution is -2.36. The molecular formula is C19H26N2O4S. The molecule has 3 rings (SSSR count). The quantitative estimate of drug-likeness (QED) is 0.531. The van der Waals surface area contributed by atoms with Gasteiger partial charge in [-0.15, -0.1) is 10.2 Å². The Balaban J connectivity index is 1.54. The lowest BCUT2D eigenvalue weighted by molar-refractivity contribution is -0.152. The second-order valence-electron chi connectivity index (χ2n) is 7.41.